The van der Waals surface area contributed by atoms with Crippen molar-refractivity contribution in [3.05, 3.63) is 30.6 Å². The largest absolute Gasteiger partial charge is 0.397 e. The van der Waals surface area contributed by atoms with E-state index >= 15 is 0 Å². The van der Waals surface area contributed by atoms with Crippen molar-refractivity contribution < 1.29 is 14.5 Å². The molecule has 1 aliphatic heterocycles. The molecule has 0 fully saturated rings. The van der Waals surface area contributed by atoms with E-state index in [0.29, 0.717) is 17.2 Å². The highest BCUT2D eigenvalue weighted by molar-refractivity contribution is 8.00. The standard InChI is InChI=1S/C8H11N5O.C8H8N2O2S/c1-12(2)6-4-5-9-8-7(6)10-11-13(8)14-3;1-12-10-7(11)5-13-6-3-2-4-9-8(6)10/h4-5H,1-3H3;2-4H,5H2,1H3. The first-order valence-electron chi connectivity index (χ1n) is 7.94. The third-order valence-electron chi connectivity index (χ3n) is 3.65. The van der Waals surface area contributed by atoms with Crippen molar-refractivity contribution in [2.24, 2.45) is 0 Å². The van der Waals surface area contributed by atoms with Crippen LogP contribution in [-0.4, -0.2) is 65.1 Å². The molecular formula is C16H19N7O3S. The van der Waals surface area contributed by atoms with Gasteiger partial charge in [-0.15, -0.1) is 16.9 Å². The number of nitrogens with zero attached hydrogens (tertiary/aromatic N) is 7. The molecule has 3 aromatic heterocycles. The van der Waals surface area contributed by atoms with Gasteiger partial charge in [-0.3, -0.25) is 9.63 Å². The Bertz CT molecular complexity index is 947. The molecule has 0 unspecified atom stereocenters. The zero-order valence-corrected chi connectivity index (χ0v) is 16.2. The van der Waals surface area contributed by atoms with Crippen molar-refractivity contribution in [1.82, 2.24) is 25.1 Å². The van der Waals surface area contributed by atoms with E-state index in [4.69, 9.17) is 9.68 Å². The Hall–Kier alpha value is -2.92. The van der Waals surface area contributed by atoms with Gasteiger partial charge in [-0.2, -0.15) is 5.06 Å². The summed E-state index contributed by atoms with van der Waals surface area (Å²) in [6.45, 7) is 0. The van der Waals surface area contributed by atoms with Crippen LogP contribution < -0.4 is 14.8 Å². The third-order valence-corrected chi connectivity index (χ3v) is 4.67. The molecule has 0 bridgehead atoms. The molecule has 27 heavy (non-hydrogen) atoms. The zero-order valence-electron chi connectivity index (χ0n) is 15.4. The molecule has 3 aromatic rings. The summed E-state index contributed by atoms with van der Waals surface area (Å²) in [4.78, 5) is 33.7. The fraction of sp³-hybridized carbons (Fsp3) is 0.312. The summed E-state index contributed by atoms with van der Waals surface area (Å²) in [7, 11) is 6.88. The van der Waals surface area contributed by atoms with Crippen LogP contribution in [0.25, 0.3) is 11.2 Å². The topological polar surface area (TPSA) is 98.5 Å². The fourth-order valence-corrected chi connectivity index (χ4v) is 3.27. The normalized spacial score (nSPS) is 13.0. The molecule has 1 amide bonds. The van der Waals surface area contributed by atoms with E-state index in [9.17, 15) is 4.79 Å². The third kappa shape index (κ3) is 3.78. The predicted molar refractivity (Wildman–Crippen MR) is 102 cm³/mol. The number of hydroxylamine groups is 1. The second kappa shape index (κ2) is 8.18. The van der Waals surface area contributed by atoms with E-state index in [1.807, 2.05) is 37.2 Å². The first kappa shape index (κ1) is 18.9. The minimum absolute atomic E-state index is 0.0706. The number of hydrogen-bond donors (Lipinski definition) is 0. The summed E-state index contributed by atoms with van der Waals surface area (Å²) in [5.74, 6) is 0.928. The van der Waals surface area contributed by atoms with Gasteiger partial charge in [0.1, 0.15) is 7.11 Å². The SMILES string of the molecule is CON1C(=O)CSc2cccnc21.COn1nnc2c(N(C)C)ccnc21. The van der Waals surface area contributed by atoms with E-state index in [1.165, 1.54) is 35.9 Å². The molecule has 0 saturated heterocycles. The van der Waals surface area contributed by atoms with Gasteiger partial charge in [0, 0.05) is 26.5 Å². The number of fused-ring (bicyclic) bond motifs is 2. The molecule has 0 aliphatic carbocycles. The minimum atomic E-state index is -0.0706. The Morgan fingerprint density at radius 1 is 1.15 bits per heavy atom. The second-order valence-corrected chi connectivity index (χ2v) is 6.54. The van der Waals surface area contributed by atoms with Crippen LogP contribution in [0, 0.1) is 0 Å². The summed E-state index contributed by atoms with van der Waals surface area (Å²) >= 11 is 1.48. The van der Waals surface area contributed by atoms with Gasteiger partial charge in [0.05, 0.1) is 23.4 Å². The maximum atomic E-state index is 11.3. The molecule has 1 aliphatic rings. The van der Waals surface area contributed by atoms with Gasteiger partial charge < -0.3 is 9.74 Å². The Kier molecular flexibility index (Phi) is 5.72. The van der Waals surface area contributed by atoms with E-state index in [2.05, 4.69) is 20.3 Å². The van der Waals surface area contributed by atoms with E-state index < -0.39 is 0 Å². The van der Waals surface area contributed by atoms with Gasteiger partial charge in [-0.25, -0.2) is 9.97 Å². The van der Waals surface area contributed by atoms with Crippen LogP contribution in [-0.2, 0) is 9.63 Å². The first-order chi connectivity index (χ1) is 13.1. The van der Waals surface area contributed by atoms with E-state index in [1.54, 1.807) is 12.4 Å². The van der Waals surface area contributed by atoms with Crippen LogP contribution in [0.3, 0.4) is 0 Å². The molecule has 0 radical (unpaired) electrons. The summed E-state index contributed by atoms with van der Waals surface area (Å²) in [5.41, 5.74) is 2.33. The molecule has 0 atom stereocenters. The molecule has 4 rings (SSSR count). The van der Waals surface area contributed by atoms with Crippen LogP contribution in [0.1, 0.15) is 0 Å². The van der Waals surface area contributed by atoms with Crippen LogP contribution in [0.2, 0.25) is 0 Å². The summed E-state index contributed by atoms with van der Waals surface area (Å²) < 4.78 is 0. The lowest BCUT2D eigenvalue weighted by atomic mass is 10.3. The number of hydrogen-bond acceptors (Lipinski definition) is 9. The summed E-state index contributed by atoms with van der Waals surface area (Å²) in [5, 5.41) is 9.03. The van der Waals surface area contributed by atoms with Crippen molar-refractivity contribution in [2.45, 2.75) is 4.90 Å². The Labute approximate surface area is 160 Å². The number of carbonyl (C=O) groups is 1. The molecule has 0 saturated carbocycles. The number of amides is 1. The minimum Gasteiger partial charge on any atom is -0.397 e. The number of anilines is 2. The average Bonchev–Trinajstić information content (AvgIpc) is 3.11. The maximum absolute atomic E-state index is 11.3. The number of thioether (sulfide) groups is 1. The predicted octanol–water partition coefficient (Wildman–Crippen LogP) is 1.03. The van der Waals surface area contributed by atoms with Crippen molar-refractivity contribution in [2.75, 3.05) is 44.0 Å². The Balaban J connectivity index is 0.000000156. The molecule has 0 aromatic carbocycles. The number of pyridine rings is 2. The van der Waals surface area contributed by atoms with Gasteiger partial charge in [-0.1, -0.05) is 4.85 Å². The monoisotopic (exact) mass is 389 g/mol. The molecule has 0 spiro atoms. The smallest absolute Gasteiger partial charge is 0.262 e. The Morgan fingerprint density at radius 3 is 2.67 bits per heavy atom. The van der Waals surface area contributed by atoms with Crippen LogP contribution in [0.15, 0.2) is 35.5 Å². The average molecular weight is 389 g/mol. The number of carbonyl (C=O) groups excluding carboxylic acids is 1. The highest BCUT2D eigenvalue weighted by Gasteiger charge is 2.25. The lowest BCUT2D eigenvalue weighted by molar-refractivity contribution is -0.122. The lowest BCUT2D eigenvalue weighted by Crippen LogP contribution is -2.34. The number of aromatic nitrogens is 5. The van der Waals surface area contributed by atoms with Crippen LogP contribution in [0.5, 0.6) is 0 Å². The quantitative estimate of drug-likeness (QED) is 0.650. The van der Waals surface area contributed by atoms with Crippen LogP contribution >= 0.6 is 11.8 Å². The van der Waals surface area contributed by atoms with Gasteiger partial charge in [0.25, 0.3) is 5.91 Å². The van der Waals surface area contributed by atoms with E-state index in [0.717, 1.165) is 16.1 Å². The molecular weight excluding hydrogens is 370 g/mol. The fourth-order valence-electron chi connectivity index (χ4n) is 2.43. The van der Waals surface area contributed by atoms with Crippen molar-refractivity contribution in [3.8, 4) is 0 Å². The summed E-state index contributed by atoms with van der Waals surface area (Å²) in [6, 6.07) is 5.65. The maximum Gasteiger partial charge on any atom is 0.262 e. The highest BCUT2D eigenvalue weighted by atomic mass is 32.2. The molecule has 10 nitrogen and oxygen atoms in total. The first-order valence-corrected chi connectivity index (χ1v) is 8.92. The molecule has 0 N–H and O–H groups in total. The van der Waals surface area contributed by atoms with Gasteiger partial charge >= 0.3 is 0 Å². The van der Waals surface area contributed by atoms with Crippen LogP contribution in [0.4, 0.5) is 11.5 Å². The van der Waals surface area contributed by atoms with E-state index in [-0.39, 0.29) is 5.91 Å². The Morgan fingerprint density at radius 2 is 1.96 bits per heavy atom. The van der Waals surface area contributed by atoms with Gasteiger partial charge in [0.2, 0.25) is 5.65 Å². The molecule has 11 heteroatoms. The second-order valence-electron chi connectivity index (χ2n) is 5.53. The number of rotatable bonds is 3. The van der Waals surface area contributed by atoms with Crippen molar-refractivity contribution >= 4 is 40.3 Å². The van der Waals surface area contributed by atoms with Gasteiger partial charge in [0.15, 0.2) is 11.3 Å². The molecule has 142 valence electrons. The molecule has 4 heterocycles. The van der Waals surface area contributed by atoms with Crippen molar-refractivity contribution in [1.29, 1.82) is 0 Å². The lowest BCUT2D eigenvalue weighted by Gasteiger charge is -2.24. The summed E-state index contributed by atoms with van der Waals surface area (Å²) in [6.07, 6.45) is 3.35. The van der Waals surface area contributed by atoms with Gasteiger partial charge in [-0.05, 0) is 23.4 Å². The van der Waals surface area contributed by atoms with Crippen molar-refractivity contribution in [3.63, 3.8) is 0 Å². The zero-order chi connectivity index (χ0) is 19.4. The highest BCUT2D eigenvalue weighted by Crippen LogP contribution is 2.32.